The molecule has 27 heavy (non-hydrogen) atoms. The standard InChI is InChI=1S/C19H20N4O3S/c24-16-8-7-14(21-16)18(26)22-19-20-13(11-27-19)10-17(25)23-9-3-5-12-4-1-2-6-15(12)23/h1-2,4,6,11,14H,3,5,7-10H2,(H,21,24)(H,20,22,26)/t14-/m0/s1. The number of aromatic nitrogens is 1. The Bertz CT molecular complexity index is 895. The van der Waals surface area contributed by atoms with Crippen LogP contribution in [0, 0.1) is 0 Å². The number of thiazole rings is 1. The molecular formula is C19H20N4O3S. The number of nitrogens with zero attached hydrogens (tertiary/aromatic N) is 2. The van der Waals surface area contributed by atoms with Crippen LogP contribution in [0.1, 0.15) is 30.5 Å². The Morgan fingerprint density at radius 2 is 2.15 bits per heavy atom. The van der Waals surface area contributed by atoms with Gasteiger partial charge in [-0.25, -0.2) is 4.98 Å². The maximum atomic E-state index is 12.8. The predicted molar refractivity (Wildman–Crippen MR) is 103 cm³/mol. The van der Waals surface area contributed by atoms with E-state index in [1.807, 2.05) is 23.1 Å². The van der Waals surface area contributed by atoms with Crippen LogP contribution in [0.4, 0.5) is 10.8 Å². The van der Waals surface area contributed by atoms with Crippen molar-refractivity contribution in [3.05, 3.63) is 40.9 Å². The van der Waals surface area contributed by atoms with E-state index in [1.54, 1.807) is 5.38 Å². The fraction of sp³-hybridized carbons (Fsp3) is 0.368. The number of carbonyl (C=O) groups excluding carboxylic acids is 3. The van der Waals surface area contributed by atoms with Gasteiger partial charge >= 0.3 is 0 Å². The molecule has 1 atom stereocenters. The molecule has 0 aliphatic carbocycles. The summed E-state index contributed by atoms with van der Waals surface area (Å²) in [5.41, 5.74) is 2.82. The molecule has 2 aliphatic heterocycles. The first kappa shape index (κ1) is 17.7. The zero-order valence-electron chi connectivity index (χ0n) is 14.7. The van der Waals surface area contributed by atoms with Gasteiger partial charge < -0.3 is 15.5 Å². The molecule has 0 saturated carbocycles. The van der Waals surface area contributed by atoms with Gasteiger partial charge in [0.25, 0.3) is 0 Å². The maximum absolute atomic E-state index is 12.8. The van der Waals surface area contributed by atoms with Crippen molar-refractivity contribution in [3.63, 3.8) is 0 Å². The maximum Gasteiger partial charge on any atom is 0.248 e. The minimum absolute atomic E-state index is 0.00776. The number of anilines is 2. The highest BCUT2D eigenvalue weighted by Gasteiger charge is 2.28. The lowest BCUT2D eigenvalue weighted by atomic mass is 10.0. The van der Waals surface area contributed by atoms with E-state index < -0.39 is 6.04 Å². The molecule has 1 aromatic heterocycles. The van der Waals surface area contributed by atoms with E-state index in [1.165, 1.54) is 16.9 Å². The third-order valence-electron chi connectivity index (χ3n) is 4.84. The fourth-order valence-corrected chi connectivity index (χ4v) is 4.21. The van der Waals surface area contributed by atoms with Crippen molar-refractivity contribution in [3.8, 4) is 0 Å². The van der Waals surface area contributed by atoms with Gasteiger partial charge in [0, 0.05) is 24.0 Å². The van der Waals surface area contributed by atoms with Crippen molar-refractivity contribution in [2.24, 2.45) is 0 Å². The summed E-state index contributed by atoms with van der Waals surface area (Å²) in [5.74, 6) is -0.367. The Morgan fingerprint density at radius 3 is 2.96 bits per heavy atom. The van der Waals surface area contributed by atoms with Crippen LogP contribution in [0.3, 0.4) is 0 Å². The highest BCUT2D eigenvalue weighted by atomic mass is 32.1. The molecule has 1 aromatic carbocycles. The summed E-state index contributed by atoms with van der Waals surface area (Å²) in [6, 6.07) is 7.48. The van der Waals surface area contributed by atoms with Gasteiger partial charge in [0.05, 0.1) is 12.1 Å². The van der Waals surface area contributed by atoms with Crippen LogP contribution in [0.15, 0.2) is 29.6 Å². The Kier molecular flexibility index (Phi) is 4.89. The number of nitrogens with one attached hydrogen (secondary N) is 2. The van der Waals surface area contributed by atoms with Crippen LogP contribution in [0.2, 0.25) is 0 Å². The van der Waals surface area contributed by atoms with Crippen LogP contribution >= 0.6 is 11.3 Å². The number of carbonyl (C=O) groups is 3. The number of hydrogen-bond donors (Lipinski definition) is 2. The second-order valence-electron chi connectivity index (χ2n) is 6.75. The average molecular weight is 384 g/mol. The van der Waals surface area contributed by atoms with Crippen molar-refractivity contribution in [2.45, 2.75) is 38.1 Å². The zero-order valence-corrected chi connectivity index (χ0v) is 15.6. The van der Waals surface area contributed by atoms with Crippen LogP contribution in [0.25, 0.3) is 0 Å². The van der Waals surface area contributed by atoms with Gasteiger partial charge in [0.2, 0.25) is 17.7 Å². The lowest BCUT2D eigenvalue weighted by Crippen LogP contribution is -2.37. The average Bonchev–Trinajstić information content (AvgIpc) is 3.30. The first-order valence-electron chi connectivity index (χ1n) is 9.03. The molecule has 140 valence electrons. The van der Waals surface area contributed by atoms with Crippen LogP contribution in [-0.2, 0) is 27.2 Å². The van der Waals surface area contributed by atoms with Gasteiger partial charge in [-0.1, -0.05) is 18.2 Å². The minimum Gasteiger partial charge on any atom is -0.344 e. The summed E-state index contributed by atoms with van der Waals surface area (Å²) in [6.45, 7) is 0.713. The van der Waals surface area contributed by atoms with Crippen LogP contribution in [0.5, 0.6) is 0 Å². The lowest BCUT2D eigenvalue weighted by Gasteiger charge is -2.29. The lowest BCUT2D eigenvalue weighted by molar-refractivity contribution is -0.122. The summed E-state index contributed by atoms with van der Waals surface area (Å²) in [4.78, 5) is 42.3. The van der Waals surface area contributed by atoms with Crippen molar-refractivity contribution < 1.29 is 14.4 Å². The van der Waals surface area contributed by atoms with E-state index in [-0.39, 0.29) is 24.1 Å². The molecule has 0 unspecified atom stereocenters. The van der Waals surface area contributed by atoms with Crippen LogP contribution in [-0.4, -0.2) is 35.3 Å². The third-order valence-corrected chi connectivity index (χ3v) is 5.64. The Balaban J connectivity index is 1.39. The Labute approximate surface area is 160 Å². The smallest absolute Gasteiger partial charge is 0.248 e. The highest BCUT2D eigenvalue weighted by molar-refractivity contribution is 7.13. The molecule has 0 spiro atoms. The highest BCUT2D eigenvalue weighted by Crippen LogP contribution is 2.27. The van der Waals surface area contributed by atoms with E-state index >= 15 is 0 Å². The fourth-order valence-electron chi connectivity index (χ4n) is 3.49. The predicted octanol–water partition coefficient (Wildman–Crippen LogP) is 1.88. The first-order valence-corrected chi connectivity index (χ1v) is 9.91. The molecule has 8 heteroatoms. The van der Waals surface area contributed by atoms with E-state index in [0.717, 1.165) is 18.5 Å². The third kappa shape index (κ3) is 3.85. The van der Waals surface area contributed by atoms with Gasteiger partial charge in [-0.3, -0.25) is 14.4 Å². The van der Waals surface area contributed by atoms with Gasteiger partial charge in [0.1, 0.15) is 6.04 Å². The molecule has 3 amide bonds. The summed E-state index contributed by atoms with van der Waals surface area (Å²) in [7, 11) is 0. The Morgan fingerprint density at radius 1 is 1.30 bits per heavy atom. The SMILES string of the molecule is O=C1CC[C@@H](C(=O)Nc2nc(CC(=O)N3CCCc4ccccc43)cs2)N1. The number of rotatable bonds is 4. The normalized spacial score (nSPS) is 18.7. The molecular weight excluding hydrogens is 364 g/mol. The second kappa shape index (κ2) is 7.48. The number of para-hydroxylation sites is 1. The van der Waals surface area contributed by atoms with Crippen molar-refractivity contribution in [1.29, 1.82) is 0 Å². The van der Waals surface area contributed by atoms with Crippen molar-refractivity contribution >= 4 is 39.9 Å². The second-order valence-corrected chi connectivity index (χ2v) is 7.60. The molecule has 2 aliphatic rings. The molecule has 2 N–H and O–H groups in total. The number of benzene rings is 1. The van der Waals surface area contributed by atoms with Gasteiger partial charge in [-0.05, 0) is 30.9 Å². The first-order chi connectivity index (χ1) is 13.1. The minimum atomic E-state index is -0.503. The number of hydrogen-bond acceptors (Lipinski definition) is 5. The molecule has 4 rings (SSSR count). The molecule has 7 nitrogen and oxygen atoms in total. The van der Waals surface area contributed by atoms with Crippen molar-refractivity contribution in [1.82, 2.24) is 10.3 Å². The molecule has 2 aromatic rings. The summed E-state index contributed by atoms with van der Waals surface area (Å²) in [6.07, 6.45) is 3.00. The van der Waals surface area contributed by atoms with Gasteiger partial charge in [-0.2, -0.15) is 0 Å². The number of fused-ring (bicyclic) bond motifs is 1. The molecule has 0 radical (unpaired) electrons. The number of amides is 3. The van der Waals surface area contributed by atoms with E-state index in [2.05, 4.69) is 21.7 Å². The van der Waals surface area contributed by atoms with Crippen molar-refractivity contribution in [2.75, 3.05) is 16.8 Å². The molecule has 0 bridgehead atoms. The summed E-state index contributed by atoms with van der Waals surface area (Å²) in [5, 5.41) is 7.59. The number of aryl methyl sites for hydroxylation is 1. The van der Waals surface area contributed by atoms with E-state index in [4.69, 9.17) is 0 Å². The summed E-state index contributed by atoms with van der Waals surface area (Å²) < 4.78 is 0. The quantitative estimate of drug-likeness (QED) is 0.842. The topological polar surface area (TPSA) is 91.4 Å². The zero-order chi connectivity index (χ0) is 18.8. The molecule has 3 heterocycles. The van der Waals surface area contributed by atoms with Gasteiger partial charge in [-0.15, -0.1) is 11.3 Å². The van der Waals surface area contributed by atoms with E-state index in [9.17, 15) is 14.4 Å². The summed E-state index contributed by atoms with van der Waals surface area (Å²) >= 11 is 1.29. The van der Waals surface area contributed by atoms with Crippen LogP contribution < -0.4 is 15.5 Å². The Hall–Kier alpha value is -2.74. The van der Waals surface area contributed by atoms with Gasteiger partial charge in [0.15, 0.2) is 5.13 Å². The molecule has 1 saturated heterocycles. The largest absolute Gasteiger partial charge is 0.344 e. The molecule has 1 fully saturated rings. The van der Waals surface area contributed by atoms with E-state index in [0.29, 0.717) is 30.2 Å². The monoisotopic (exact) mass is 384 g/mol.